The van der Waals surface area contributed by atoms with Crippen molar-refractivity contribution >= 4 is 17.0 Å². The Morgan fingerprint density at radius 1 is 1.20 bits per heavy atom. The zero-order valence-corrected chi connectivity index (χ0v) is 7.90. The molecule has 1 aliphatic rings. The molecule has 0 saturated heterocycles. The van der Waals surface area contributed by atoms with Gasteiger partial charge in [-0.1, -0.05) is 24.3 Å². The van der Waals surface area contributed by atoms with Gasteiger partial charge < -0.3 is 9.15 Å². The van der Waals surface area contributed by atoms with Crippen molar-refractivity contribution < 1.29 is 9.15 Å². The number of para-hydroxylation sites is 1. The van der Waals surface area contributed by atoms with Crippen molar-refractivity contribution in [3.05, 3.63) is 46.3 Å². The lowest BCUT2D eigenvalue weighted by Crippen LogP contribution is -2.11. The van der Waals surface area contributed by atoms with Crippen molar-refractivity contribution in [1.82, 2.24) is 0 Å². The second kappa shape index (κ2) is 2.98. The molecule has 0 amide bonds. The summed E-state index contributed by atoms with van der Waals surface area (Å²) >= 11 is 0. The summed E-state index contributed by atoms with van der Waals surface area (Å²) in [5.74, 6) is 0.316. The SMILES string of the molecule is O=c1oc2ccccc2c2c1OCC=C2. The van der Waals surface area contributed by atoms with Crippen LogP contribution in [-0.2, 0) is 0 Å². The maximum absolute atomic E-state index is 11.6. The van der Waals surface area contributed by atoms with Gasteiger partial charge in [-0.2, -0.15) is 0 Å². The van der Waals surface area contributed by atoms with E-state index in [1.165, 1.54) is 0 Å². The molecule has 0 N–H and O–H groups in total. The van der Waals surface area contributed by atoms with Crippen LogP contribution in [0.1, 0.15) is 5.56 Å². The van der Waals surface area contributed by atoms with Crippen LogP contribution in [0.2, 0.25) is 0 Å². The van der Waals surface area contributed by atoms with Crippen LogP contribution in [0, 0.1) is 0 Å². The third kappa shape index (κ3) is 1.16. The zero-order chi connectivity index (χ0) is 10.3. The molecule has 0 radical (unpaired) electrons. The number of fused-ring (bicyclic) bond motifs is 3. The fourth-order valence-corrected chi connectivity index (χ4v) is 1.76. The van der Waals surface area contributed by atoms with Gasteiger partial charge in [-0.25, -0.2) is 4.79 Å². The fourth-order valence-electron chi connectivity index (χ4n) is 1.76. The van der Waals surface area contributed by atoms with Crippen LogP contribution in [0.4, 0.5) is 0 Å². The Hall–Kier alpha value is -2.03. The van der Waals surface area contributed by atoms with Crippen molar-refractivity contribution in [3.8, 4) is 5.75 Å². The molecule has 1 aromatic heterocycles. The lowest BCUT2D eigenvalue weighted by molar-refractivity contribution is 0.337. The summed E-state index contributed by atoms with van der Waals surface area (Å²) in [6.45, 7) is 0.427. The molecular weight excluding hydrogens is 192 g/mol. The van der Waals surface area contributed by atoms with Gasteiger partial charge in [-0.05, 0) is 12.1 Å². The summed E-state index contributed by atoms with van der Waals surface area (Å²) in [4.78, 5) is 11.6. The third-order valence-electron chi connectivity index (χ3n) is 2.42. The predicted octanol–water partition coefficient (Wildman–Crippen LogP) is 2.20. The topological polar surface area (TPSA) is 39.4 Å². The number of benzene rings is 1. The highest BCUT2D eigenvalue weighted by Crippen LogP contribution is 2.27. The van der Waals surface area contributed by atoms with E-state index in [4.69, 9.17) is 9.15 Å². The van der Waals surface area contributed by atoms with E-state index < -0.39 is 5.63 Å². The van der Waals surface area contributed by atoms with E-state index in [-0.39, 0.29) is 0 Å². The number of rotatable bonds is 0. The predicted molar refractivity (Wildman–Crippen MR) is 57.0 cm³/mol. The first kappa shape index (κ1) is 8.29. The highest BCUT2D eigenvalue weighted by atomic mass is 16.5. The van der Waals surface area contributed by atoms with Crippen LogP contribution in [0.25, 0.3) is 17.0 Å². The molecule has 0 aliphatic carbocycles. The average molecular weight is 200 g/mol. The Morgan fingerprint density at radius 3 is 3.00 bits per heavy atom. The van der Waals surface area contributed by atoms with E-state index in [1.807, 2.05) is 30.4 Å². The Balaban J connectivity index is 2.52. The number of hydrogen-bond donors (Lipinski definition) is 0. The normalized spacial score (nSPS) is 13.6. The molecule has 0 bridgehead atoms. The van der Waals surface area contributed by atoms with Crippen LogP contribution in [0.3, 0.4) is 0 Å². The van der Waals surface area contributed by atoms with Crippen LogP contribution < -0.4 is 10.4 Å². The molecule has 1 aromatic carbocycles. The van der Waals surface area contributed by atoms with E-state index >= 15 is 0 Å². The highest BCUT2D eigenvalue weighted by Gasteiger charge is 2.15. The van der Waals surface area contributed by atoms with E-state index in [0.717, 1.165) is 10.9 Å². The van der Waals surface area contributed by atoms with Gasteiger partial charge >= 0.3 is 5.63 Å². The van der Waals surface area contributed by atoms with Crippen LogP contribution in [0.5, 0.6) is 5.75 Å². The van der Waals surface area contributed by atoms with Gasteiger partial charge in [-0.15, -0.1) is 0 Å². The minimum absolute atomic E-state index is 0.316. The van der Waals surface area contributed by atoms with Crippen LogP contribution in [-0.4, -0.2) is 6.61 Å². The zero-order valence-electron chi connectivity index (χ0n) is 7.90. The van der Waals surface area contributed by atoms with Crippen molar-refractivity contribution in [2.75, 3.05) is 6.61 Å². The van der Waals surface area contributed by atoms with E-state index in [9.17, 15) is 4.79 Å². The van der Waals surface area contributed by atoms with Crippen molar-refractivity contribution in [2.45, 2.75) is 0 Å². The molecule has 0 spiro atoms. The molecule has 2 heterocycles. The van der Waals surface area contributed by atoms with Gasteiger partial charge in [0.05, 0.1) is 0 Å². The standard InChI is InChI=1S/C12H8O3/c13-12-11-9(5-3-7-14-11)8-4-1-2-6-10(8)15-12/h1-6H,7H2. The molecule has 74 valence electrons. The molecular formula is C12H8O3. The Labute approximate surface area is 85.6 Å². The molecule has 3 heteroatoms. The molecule has 0 saturated carbocycles. The van der Waals surface area contributed by atoms with Crippen LogP contribution >= 0.6 is 0 Å². The lowest BCUT2D eigenvalue weighted by Gasteiger charge is -2.11. The van der Waals surface area contributed by atoms with Crippen molar-refractivity contribution in [2.24, 2.45) is 0 Å². The van der Waals surface area contributed by atoms with E-state index in [2.05, 4.69) is 0 Å². The highest BCUT2D eigenvalue weighted by molar-refractivity contribution is 5.89. The Kier molecular flexibility index (Phi) is 1.65. The summed E-state index contributed by atoms with van der Waals surface area (Å²) in [6.07, 6.45) is 3.78. The molecule has 0 fully saturated rings. The van der Waals surface area contributed by atoms with Gasteiger partial charge in [0.1, 0.15) is 12.2 Å². The van der Waals surface area contributed by atoms with Gasteiger partial charge in [0.25, 0.3) is 0 Å². The minimum atomic E-state index is -0.409. The maximum atomic E-state index is 11.6. The Bertz CT molecular complexity index is 608. The molecule has 1 aliphatic heterocycles. The van der Waals surface area contributed by atoms with Gasteiger partial charge in [-0.3, -0.25) is 0 Å². The molecule has 3 nitrogen and oxygen atoms in total. The minimum Gasteiger partial charge on any atom is -0.482 e. The van der Waals surface area contributed by atoms with Gasteiger partial charge in [0.15, 0.2) is 0 Å². The smallest absolute Gasteiger partial charge is 0.379 e. The second-order valence-corrected chi connectivity index (χ2v) is 3.34. The first-order valence-corrected chi connectivity index (χ1v) is 4.71. The summed E-state index contributed by atoms with van der Waals surface area (Å²) in [6, 6.07) is 7.44. The first-order chi connectivity index (χ1) is 7.36. The molecule has 3 rings (SSSR count). The molecule has 0 atom stereocenters. The fraction of sp³-hybridized carbons (Fsp3) is 0.0833. The summed E-state index contributed by atoms with van der Waals surface area (Å²) in [5.41, 5.74) is 0.998. The monoisotopic (exact) mass is 200 g/mol. The van der Waals surface area contributed by atoms with E-state index in [0.29, 0.717) is 17.9 Å². The van der Waals surface area contributed by atoms with Crippen LogP contribution in [0.15, 0.2) is 39.6 Å². The summed E-state index contributed by atoms with van der Waals surface area (Å²) in [7, 11) is 0. The second-order valence-electron chi connectivity index (χ2n) is 3.34. The average Bonchev–Trinajstić information content (AvgIpc) is 2.30. The molecule has 0 unspecified atom stereocenters. The number of ether oxygens (including phenoxy) is 1. The van der Waals surface area contributed by atoms with Gasteiger partial charge in [0, 0.05) is 10.9 Å². The van der Waals surface area contributed by atoms with Gasteiger partial charge in [0.2, 0.25) is 5.75 Å². The first-order valence-electron chi connectivity index (χ1n) is 4.71. The summed E-state index contributed by atoms with van der Waals surface area (Å²) < 4.78 is 10.4. The Morgan fingerprint density at radius 2 is 2.07 bits per heavy atom. The molecule has 15 heavy (non-hydrogen) atoms. The number of hydrogen-bond acceptors (Lipinski definition) is 3. The van der Waals surface area contributed by atoms with E-state index in [1.54, 1.807) is 6.07 Å². The van der Waals surface area contributed by atoms with Crippen molar-refractivity contribution in [3.63, 3.8) is 0 Å². The quantitative estimate of drug-likeness (QED) is 0.612. The van der Waals surface area contributed by atoms with Crippen molar-refractivity contribution in [1.29, 1.82) is 0 Å². The summed E-state index contributed by atoms with van der Waals surface area (Å²) in [5, 5.41) is 0.906. The lowest BCUT2D eigenvalue weighted by atomic mass is 10.1. The molecule has 2 aromatic rings. The largest absolute Gasteiger partial charge is 0.482 e. The third-order valence-corrected chi connectivity index (χ3v) is 2.42. The maximum Gasteiger partial charge on any atom is 0.379 e.